The van der Waals surface area contributed by atoms with Crippen LogP contribution in [0.1, 0.15) is 54.0 Å². The number of H-pyrrole nitrogens is 1. The third kappa shape index (κ3) is 7.54. The van der Waals surface area contributed by atoms with Gasteiger partial charge < -0.3 is 30.4 Å². The van der Waals surface area contributed by atoms with Gasteiger partial charge in [-0.3, -0.25) is 19.2 Å². The Morgan fingerprint density at radius 2 is 1.76 bits per heavy atom. The quantitative estimate of drug-likeness (QED) is 0.228. The molecule has 3 atom stereocenters. The molecule has 1 aliphatic heterocycles. The van der Waals surface area contributed by atoms with Crippen molar-refractivity contribution in [3.8, 4) is 5.75 Å². The molecule has 4 rings (SSSR count). The number of Topliss-reactive ketones (excluding diaryl/α,β-unsaturated/α-hetero) is 1. The Balaban J connectivity index is 1.48. The monoisotopic (exact) mass is 576 g/mol. The average Bonchev–Trinajstić information content (AvgIpc) is 3.61. The smallest absolute Gasteiger partial charge is 0.338 e. The molecule has 1 aliphatic rings. The molecular weight excluding hydrogens is 540 g/mol. The van der Waals surface area contributed by atoms with E-state index in [1.807, 2.05) is 19.9 Å². The SMILES string of the molecule is COc1cccc2[nH]c(C(=O)N[C@@H](CC(C)C)C(=O)N[C@@H](C[C@@H]3CCNC3=O)C(=O)COC(=O)c3ccccc3)cc12. The predicted molar refractivity (Wildman–Crippen MR) is 155 cm³/mol. The van der Waals surface area contributed by atoms with Crippen molar-refractivity contribution in [1.29, 1.82) is 0 Å². The molecule has 3 aromatic rings. The van der Waals surface area contributed by atoms with Crippen molar-refractivity contribution in [2.75, 3.05) is 20.3 Å². The number of methoxy groups -OCH3 is 1. The standard InChI is InChI=1S/C31H36N4O7/c1-18(2)14-24(35-30(39)25-16-21-22(33-25)10-7-11-27(21)41-3)29(38)34-23(15-20-12-13-32-28(20)37)26(36)17-42-31(40)19-8-5-4-6-9-19/h4-11,16,18,20,23-24,33H,12-15,17H2,1-3H3,(H,32,37)(H,34,38)(H,35,39)/t20-,23-,24-/m0/s1. The number of aromatic amines is 1. The van der Waals surface area contributed by atoms with Crippen molar-refractivity contribution in [3.05, 3.63) is 65.9 Å². The number of hydrogen-bond donors (Lipinski definition) is 4. The van der Waals surface area contributed by atoms with Gasteiger partial charge in [-0.05, 0) is 55.5 Å². The molecule has 1 aromatic heterocycles. The number of ether oxygens (including phenoxy) is 2. The molecule has 0 unspecified atom stereocenters. The number of carbonyl (C=O) groups excluding carboxylic acids is 5. The summed E-state index contributed by atoms with van der Waals surface area (Å²) >= 11 is 0. The minimum absolute atomic E-state index is 0.0328. The molecular formula is C31H36N4O7. The first-order valence-electron chi connectivity index (χ1n) is 14.0. The number of amides is 3. The Labute approximate surface area is 243 Å². The number of carbonyl (C=O) groups is 5. The van der Waals surface area contributed by atoms with Gasteiger partial charge in [0.05, 0.1) is 18.7 Å². The maximum absolute atomic E-state index is 13.5. The normalized spacial score (nSPS) is 16.0. The van der Waals surface area contributed by atoms with Gasteiger partial charge in [0, 0.05) is 23.4 Å². The summed E-state index contributed by atoms with van der Waals surface area (Å²) in [6, 6.07) is 13.2. The lowest BCUT2D eigenvalue weighted by molar-refractivity contribution is -0.131. The third-order valence-electron chi connectivity index (χ3n) is 7.16. The zero-order chi connectivity index (χ0) is 30.2. The number of fused-ring (bicyclic) bond motifs is 1. The van der Waals surface area contributed by atoms with E-state index in [0.29, 0.717) is 30.7 Å². The first-order valence-corrected chi connectivity index (χ1v) is 14.0. The number of nitrogens with one attached hydrogen (secondary N) is 4. The van der Waals surface area contributed by atoms with Crippen LogP contribution in [0, 0.1) is 11.8 Å². The highest BCUT2D eigenvalue weighted by atomic mass is 16.5. The minimum Gasteiger partial charge on any atom is -0.496 e. The van der Waals surface area contributed by atoms with Gasteiger partial charge >= 0.3 is 5.97 Å². The Morgan fingerprint density at radius 3 is 2.43 bits per heavy atom. The average molecular weight is 577 g/mol. The van der Waals surface area contributed by atoms with Crippen LogP contribution in [-0.4, -0.2) is 66.8 Å². The maximum atomic E-state index is 13.5. The highest BCUT2D eigenvalue weighted by molar-refractivity contribution is 6.02. The van der Waals surface area contributed by atoms with Gasteiger partial charge in [-0.2, -0.15) is 0 Å². The Bertz CT molecular complexity index is 1450. The number of hydrogen-bond acceptors (Lipinski definition) is 7. The molecule has 2 heterocycles. The molecule has 0 radical (unpaired) electrons. The van der Waals surface area contributed by atoms with Crippen molar-refractivity contribution in [2.24, 2.45) is 11.8 Å². The molecule has 3 amide bonds. The lowest BCUT2D eigenvalue weighted by atomic mass is 9.95. The minimum atomic E-state index is -1.10. The molecule has 0 bridgehead atoms. The van der Waals surface area contributed by atoms with Crippen LogP contribution in [0.2, 0.25) is 0 Å². The van der Waals surface area contributed by atoms with E-state index in [1.54, 1.807) is 55.6 Å². The summed E-state index contributed by atoms with van der Waals surface area (Å²) in [5, 5.41) is 8.97. The van der Waals surface area contributed by atoms with Gasteiger partial charge in [-0.1, -0.05) is 38.1 Å². The van der Waals surface area contributed by atoms with Crippen molar-refractivity contribution in [1.82, 2.24) is 20.9 Å². The number of rotatable bonds is 13. The molecule has 11 heteroatoms. The summed E-state index contributed by atoms with van der Waals surface area (Å²) in [5.74, 6) is -2.35. The number of ketones is 1. The summed E-state index contributed by atoms with van der Waals surface area (Å²) in [6.07, 6.45) is 0.858. The molecule has 222 valence electrons. The van der Waals surface area contributed by atoms with Crippen LogP contribution in [0.25, 0.3) is 10.9 Å². The van der Waals surface area contributed by atoms with Crippen molar-refractivity contribution < 1.29 is 33.4 Å². The van der Waals surface area contributed by atoms with Crippen LogP contribution in [0.3, 0.4) is 0 Å². The lowest BCUT2D eigenvalue weighted by Gasteiger charge is -2.25. The third-order valence-corrected chi connectivity index (χ3v) is 7.16. The van der Waals surface area contributed by atoms with Crippen LogP contribution in [-0.2, 0) is 19.1 Å². The maximum Gasteiger partial charge on any atom is 0.338 e. The van der Waals surface area contributed by atoms with E-state index in [4.69, 9.17) is 9.47 Å². The largest absolute Gasteiger partial charge is 0.496 e. The van der Waals surface area contributed by atoms with E-state index in [1.165, 1.54) is 0 Å². The van der Waals surface area contributed by atoms with Gasteiger partial charge in [0.2, 0.25) is 11.8 Å². The molecule has 2 aromatic carbocycles. The fourth-order valence-electron chi connectivity index (χ4n) is 4.96. The van der Waals surface area contributed by atoms with E-state index in [2.05, 4.69) is 20.9 Å². The molecule has 0 saturated carbocycles. The fourth-order valence-corrected chi connectivity index (χ4v) is 4.96. The summed E-state index contributed by atoms with van der Waals surface area (Å²) in [6.45, 7) is 3.72. The first-order chi connectivity index (χ1) is 20.2. The molecule has 0 aliphatic carbocycles. The molecule has 1 saturated heterocycles. The van der Waals surface area contributed by atoms with Crippen LogP contribution in [0.4, 0.5) is 0 Å². The van der Waals surface area contributed by atoms with E-state index in [9.17, 15) is 24.0 Å². The first kappa shape index (κ1) is 30.3. The van der Waals surface area contributed by atoms with Crippen molar-refractivity contribution in [3.63, 3.8) is 0 Å². The summed E-state index contributed by atoms with van der Waals surface area (Å²) in [4.78, 5) is 67.7. The van der Waals surface area contributed by atoms with Crippen LogP contribution in [0.15, 0.2) is 54.6 Å². The topological polar surface area (TPSA) is 156 Å². The molecule has 4 N–H and O–H groups in total. The van der Waals surface area contributed by atoms with Gasteiger partial charge in [0.25, 0.3) is 5.91 Å². The summed E-state index contributed by atoms with van der Waals surface area (Å²) in [7, 11) is 1.54. The summed E-state index contributed by atoms with van der Waals surface area (Å²) in [5.41, 5.74) is 1.24. The second-order valence-corrected chi connectivity index (χ2v) is 10.7. The highest BCUT2D eigenvalue weighted by Gasteiger charge is 2.34. The second kappa shape index (κ2) is 13.8. The van der Waals surface area contributed by atoms with E-state index in [-0.39, 0.29) is 29.5 Å². The molecule has 1 fully saturated rings. The van der Waals surface area contributed by atoms with Crippen LogP contribution < -0.4 is 20.7 Å². The molecule has 0 spiro atoms. The van der Waals surface area contributed by atoms with E-state index < -0.39 is 48.2 Å². The highest BCUT2D eigenvalue weighted by Crippen LogP contribution is 2.26. The van der Waals surface area contributed by atoms with Crippen LogP contribution >= 0.6 is 0 Å². The zero-order valence-corrected chi connectivity index (χ0v) is 23.9. The number of benzene rings is 2. The van der Waals surface area contributed by atoms with Crippen molar-refractivity contribution in [2.45, 2.75) is 45.2 Å². The van der Waals surface area contributed by atoms with Gasteiger partial charge in [-0.15, -0.1) is 0 Å². The summed E-state index contributed by atoms with van der Waals surface area (Å²) < 4.78 is 10.6. The Kier molecular flexibility index (Phi) is 9.95. The second-order valence-electron chi connectivity index (χ2n) is 10.7. The number of aromatic nitrogens is 1. The lowest BCUT2D eigenvalue weighted by Crippen LogP contribution is -2.53. The van der Waals surface area contributed by atoms with Gasteiger partial charge in [0.15, 0.2) is 12.4 Å². The van der Waals surface area contributed by atoms with E-state index >= 15 is 0 Å². The zero-order valence-electron chi connectivity index (χ0n) is 23.9. The molecule has 11 nitrogen and oxygen atoms in total. The van der Waals surface area contributed by atoms with E-state index in [0.717, 1.165) is 5.39 Å². The number of esters is 1. The van der Waals surface area contributed by atoms with Crippen LogP contribution in [0.5, 0.6) is 5.75 Å². The van der Waals surface area contributed by atoms with Gasteiger partial charge in [0.1, 0.15) is 17.5 Å². The molecule has 42 heavy (non-hydrogen) atoms. The fraction of sp³-hybridized carbons (Fsp3) is 0.387. The Morgan fingerprint density at radius 1 is 1.00 bits per heavy atom. The van der Waals surface area contributed by atoms with Crippen molar-refractivity contribution >= 4 is 40.4 Å². The Hall–Kier alpha value is -4.67. The predicted octanol–water partition coefficient (Wildman–Crippen LogP) is 2.76. The van der Waals surface area contributed by atoms with Gasteiger partial charge in [-0.25, -0.2) is 4.79 Å².